The third-order valence-corrected chi connectivity index (χ3v) is 6.38. The highest BCUT2D eigenvalue weighted by atomic mass is 32.2. The highest BCUT2D eigenvalue weighted by Gasteiger charge is 2.19. The van der Waals surface area contributed by atoms with Crippen LogP contribution in [0, 0.1) is 0 Å². The van der Waals surface area contributed by atoms with Gasteiger partial charge in [-0.2, -0.15) is 0 Å². The van der Waals surface area contributed by atoms with Crippen LogP contribution in [0.1, 0.15) is 33.3 Å². The molecular weight excluding hydrogens is 470 g/mol. The number of amides is 2. The first-order valence-corrected chi connectivity index (χ1v) is 12.6. The van der Waals surface area contributed by atoms with E-state index in [1.54, 1.807) is 24.3 Å². The first-order chi connectivity index (χ1) is 17.2. The summed E-state index contributed by atoms with van der Waals surface area (Å²) in [6.07, 6.45) is 0. The van der Waals surface area contributed by atoms with Crippen molar-refractivity contribution in [3.05, 3.63) is 84.4 Å². The van der Waals surface area contributed by atoms with Crippen molar-refractivity contribution in [2.45, 2.75) is 38.3 Å². The Morgan fingerprint density at radius 2 is 1.53 bits per heavy atom. The van der Waals surface area contributed by atoms with E-state index in [1.807, 2.05) is 34.9 Å². The molecule has 0 unspecified atom stereocenters. The highest BCUT2D eigenvalue weighted by Crippen LogP contribution is 2.30. The standard InChI is InChI=1S/C28H29N5O2S/c1-19(34)29-22-9-8-10-23(17-22)30-25(35)18-36-27-32-31-26(33(27)24-11-6-5-7-12-24)20-13-15-21(16-14-20)28(2,3)4/h5-17H,18H2,1-4H3,(H,29,34)(H,30,35). The van der Waals surface area contributed by atoms with Crippen molar-refractivity contribution >= 4 is 35.0 Å². The second kappa shape index (κ2) is 10.8. The van der Waals surface area contributed by atoms with Gasteiger partial charge in [0.25, 0.3) is 0 Å². The molecule has 1 aromatic heterocycles. The van der Waals surface area contributed by atoms with E-state index in [0.29, 0.717) is 22.4 Å². The van der Waals surface area contributed by atoms with Gasteiger partial charge < -0.3 is 10.6 Å². The van der Waals surface area contributed by atoms with Crippen LogP contribution >= 0.6 is 11.8 Å². The zero-order valence-corrected chi connectivity index (χ0v) is 21.6. The molecule has 1 heterocycles. The molecular formula is C28H29N5O2S. The summed E-state index contributed by atoms with van der Waals surface area (Å²) >= 11 is 1.31. The van der Waals surface area contributed by atoms with E-state index in [4.69, 9.17) is 0 Å². The lowest BCUT2D eigenvalue weighted by Gasteiger charge is -2.19. The molecule has 0 atom stereocenters. The van der Waals surface area contributed by atoms with E-state index < -0.39 is 0 Å². The van der Waals surface area contributed by atoms with Gasteiger partial charge in [-0.05, 0) is 41.3 Å². The lowest BCUT2D eigenvalue weighted by Crippen LogP contribution is -2.15. The van der Waals surface area contributed by atoms with Crippen molar-refractivity contribution in [2.24, 2.45) is 0 Å². The summed E-state index contributed by atoms with van der Waals surface area (Å²) in [5.74, 6) is 0.516. The second-order valence-electron chi connectivity index (χ2n) is 9.40. The van der Waals surface area contributed by atoms with E-state index in [2.05, 4.69) is 65.9 Å². The van der Waals surface area contributed by atoms with Crippen LogP contribution in [0.4, 0.5) is 11.4 Å². The molecule has 0 radical (unpaired) electrons. The predicted octanol–water partition coefficient (Wildman–Crippen LogP) is 5.92. The molecule has 0 fully saturated rings. The molecule has 2 N–H and O–H groups in total. The van der Waals surface area contributed by atoms with Crippen LogP contribution in [-0.4, -0.2) is 32.3 Å². The predicted molar refractivity (Wildman–Crippen MR) is 146 cm³/mol. The average molecular weight is 500 g/mol. The number of aromatic nitrogens is 3. The zero-order valence-electron chi connectivity index (χ0n) is 20.8. The molecule has 36 heavy (non-hydrogen) atoms. The monoisotopic (exact) mass is 499 g/mol. The maximum atomic E-state index is 12.7. The summed E-state index contributed by atoms with van der Waals surface area (Å²) in [4.78, 5) is 24.0. The van der Waals surface area contributed by atoms with Crippen LogP contribution in [0.3, 0.4) is 0 Å². The number of thioether (sulfide) groups is 1. The molecule has 4 rings (SSSR count). The molecule has 0 aliphatic heterocycles. The summed E-state index contributed by atoms with van der Waals surface area (Å²) in [5, 5.41) is 15.1. The fourth-order valence-corrected chi connectivity index (χ4v) is 4.44. The van der Waals surface area contributed by atoms with Crippen LogP contribution < -0.4 is 10.6 Å². The van der Waals surface area contributed by atoms with E-state index in [9.17, 15) is 9.59 Å². The molecule has 2 amide bonds. The minimum absolute atomic E-state index is 0.0572. The fourth-order valence-electron chi connectivity index (χ4n) is 3.68. The van der Waals surface area contributed by atoms with Crippen LogP contribution in [0.5, 0.6) is 0 Å². The van der Waals surface area contributed by atoms with Crippen molar-refractivity contribution in [2.75, 3.05) is 16.4 Å². The van der Waals surface area contributed by atoms with E-state index in [1.165, 1.54) is 24.2 Å². The number of anilines is 2. The topological polar surface area (TPSA) is 88.9 Å². The van der Waals surface area contributed by atoms with Gasteiger partial charge in [0.05, 0.1) is 5.75 Å². The van der Waals surface area contributed by atoms with Crippen molar-refractivity contribution in [3.8, 4) is 17.1 Å². The van der Waals surface area contributed by atoms with Gasteiger partial charge in [0, 0.05) is 29.5 Å². The van der Waals surface area contributed by atoms with Gasteiger partial charge >= 0.3 is 0 Å². The van der Waals surface area contributed by atoms with Gasteiger partial charge in [-0.15, -0.1) is 10.2 Å². The van der Waals surface area contributed by atoms with Gasteiger partial charge in [-0.25, -0.2) is 0 Å². The molecule has 0 saturated heterocycles. The Hall–Kier alpha value is -3.91. The van der Waals surface area contributed by atoms with Gasteiger partial charge in [0.15, 0.2) is 11.0 Å². The van der Waals surface area contributed by atoms with Crippen molar-refractivity contribution in [3.63, 3.8) is 0 Å². The third-order valence-electron chi connectivity index (χ3n) is 5.46. The number of carbonyl (C=O) groups excluding carboxylic acids is 2. The molecule has 0 saturated carbocycles. The number of nitrogens with zero attached hydrogens (tertiary/aromatic N) is 3. The number of rotatable bonds is 7. The molecule has 0 aliphatic rings. The van der Waals surface area contributed by atoms with Crippen LogP contribution in [0.15, 0.2) is 84.0 Å². The van der Waals surface area contributed by atoms with E-state index in [-0.39, 0.29) is 23.0 Å². The number of hydrogen-bond donors (Lipinski definition) is 2. The smallest absolute Gasteiger partial charge is 0.234 e. The number of carbonyl (C=O) groups is 2. The Morgan fingerprint density at radius 1 is 0.861 bits per heavy atom. The number of benzene rings is 3. The summed E-state index contributed by atoms with van der Waals surface area (Å²) < 4.78 is 1.97. The molecule has 0 spiro atoms. The van der Waals surface area contributed by atoms with Gasteiger partial charge in [-0.3, -0.25) is 14.2 Å². The first-order valence-electron chi connectivity index (χ1n) is 11.6. The minimum atomic E-state index is -0.182. The van der Waals surface area contributed by atoms with Crippen molar-refractivity contribution in [1.29, 1.82) is 0 Å². The Labute approximate surface area is 215 Å². The molecule has 8 heteroatoms. The van der Waals surface area contributed by atoms with E-state index in [0.717, 1.165) is 11.3 Å². The molecule has 4 aromatic rings. The number of para-hydroxylation sites is 1. The maximum Gasteiger partial charge on any atom is 0.234 e. The third kappa shape index (κ3) is 6.20. The van der Waals surface area contributed by atoms with Gasteiger partial charge in [0.2, 0.25) is 11.8 Å². The summed E-state index contributed by atoms with van der Waals surface area (Å²) in [6.45, 7) is 8.00. The van der Waals surface area contributed by atoms with Crippen LogP contribution in [0.25, 0.3) is 17.1 Å². The first kappa shape index (κ1) is 25.2. The lowest BCUT2D eigenvalue weighted by atomic mass is 9.87. The number of nitrogens with one attached hydrogen (secondary N) is 2. The quantitative estimate of drug-likeness (QED) is 0.308. The Kier molecular flexibility index (Phi) is 7.55. The van der Waals surface area contributed by atoms with Crippen molar-refractivity contribution in [1.82, 2.24) is 14.8 Å². The molecule has 3 aromatic carbocycles. The minimum Gasteiger partial charge on any atom is -0.326 e. The summed E-state index contributed by atoms with van der Waals surface area (Å²) in [7, 11) is 0. The van der Waals surface area contributed by atoms with Crippen molar-refractivity contribution < 1.29 is 9.59 Å². The fraction of sp³-hybridized carbons (Fsp3) is 0.214. The molecule has 184 valence electrons. The molecule has 0 bridgehead atoms. The second-order valence-corrected chi connectivity index (χ2v) is 10.3. The Balaban J connectivity index is 1.55. The normalized spacial score (nSPS) is 11.2. The Morgan fingerprint density at radius 3 is 2.17 bits per heavy atom. The van der Waals surface area contributed by atoms with Gasteiger partial charge in [0.1, 0.15) is 0 Å². The highest BCUT2D eigenvalue weighted by molar-refractivity contribution is 7.99. The molecule has 7 nitrogen and oxygen atoms in total. The maximum absolute atomic E-state index is 12.7. The summed E-state index contributed by atoms with van der Waals surface area (Å²) in [5.41, 5.74) is 4.40. The lowest BCUT2D eigenvalue weighted by molar-refractivity contribution is -0.114. The van der Waals surface area contributed by atoms with Crippen LogP contribution in [-0.2, 0) is 15.0 Å². The van der Waals surface area contributed by atoms with Crippen LogP contribution in [0.2, 0.25) is 0 Å². The van der Waals surface area contributed by atoms with Gasteiger partial charge in [-0.1, -0.05) is 81.1 Å². The summed E-state index contributed by atoms with van der Waals surface area (Å²) in [6, 6.07) is 25.3. The zero-order chi connectivity index (χ0) is 25.7. The Bertz CT molecular complexity index is 1360. The average Bonchev–Trinajstić information content (AvgIpc) is 3.27. The van der Waals surface area contributed by atoms with E-state index >= 15 is 0 Å². The molecule has 0 aliphatic carbocycles. The SMILES string of the molecule is CC(=O)Nc1cccc(NC(=O)CSc2nnc(-c3ccc(C(C)(C)C)cc3)n2-c2ccccc2)c1. The number of hydrogen-bond acceptors (Lipinski definition) is 5. The largest absolute Gasteiger partial charge is 0.326 e.